The molecule has 0 fully saturated rings. The van der Waals surface area contributed by atoms with Gasteiger partial charge < -0.3 is 9.47 Å². The third-order valence-corrected chi connectivity index (χ3v) is 12.2. The number of rotatable bonds is 6. The van der Waals surface area contributed by atoms with E-state index in [9.17, 15) is 0 Å². The monoisotopic (exact) mass is 718 g/mol. The Balaban J connectivity index is 0.980. The fourth-order valence-electron chi connectivity index (χ4n) is 8.42. The number of nitrogens with zero attached hydrogens (tertiary/aromatic N) is 2. The fourth-order valence-corrected chi connectivity index (χ4v) is 9.51. The number of fused-ring (bicyclic) bond motifs is 7. The van der Waals surface area contributed by atoms with Crippen molar-refractivity contribution in [3.63, 3.8) is 0 Å². The molecular weight excluding hydrogens is 685 g/mol. The molecule has 11 rings (SSSR count). The third kappa shape index (κ3) is 5.24. The van der Waals surface area contributed by atoms with E-state index in [4.69, 9.17) is 0 Å². The molecule has 0 aliphatic carbocycles. The van der Waals surface area contributed by atoms with Crippen LogP contribution in [0.4, 0.5) is 17.1 Å². The molecule has 9 aromatic carbocycles. The smallest absolute Gasteiger partial charge is 0.0541 e. The van der Waals surface area contributed by atoms with Crippen molar-refractivity contribution in [1.29, 1.82) is 0 Å². The zero-order valence-electron chi connectivity index (χ0n) is 29.9. The predicted octanol–water partition coefficient (Wildman–Crippen LogP) is 15.1. The molecule has 0 N–H and O–H groups in total. The van der Waals surface area contributed by atoms with E-state index in [1.54, 1.807) is 0 Å². The Labute approximate surface area is 323 Å². The molecule has 2 nitrogen and oxygen atoms in total. The average Bonchev–Trinajstić information content (AvgIpc) is 3.80. The maximum Gasteiger partial charge on any atom is 0.0541 e. The second kappa shape index (κ2) is 12.9. The first-order valence-electron chi connectivity index (χ1n) is 18.8. The summed E-state index contributed by atoms with van der Waals surface area (Å²) < 4.78 is 5.03. The quantitative estimate of drug-likeness (QED) is 0.166. The van der Waals surface area contributed by atoms with E-state index in [2.05, 4.69) is 216 Å². The highest BCUT2D eigenvalue weighted by molar-refractivity contribution is 7.25. The van der Waals surface area contributed by atoms with Gasteiger partial charge in [0.2, 0.25) is 0 Å². The van der Waals surface area contributed by atoms with Gasteiger partial charge >= 0.3 is 0 Å². The van der Waals surface area contributed by atoms with Gasteiger partial charge in [0.25, 0.3) is 0 Å². The molecule has 0 aliphatic rings. The van der Waals surface area contributed by atoms with Crippen molar-refractivity contribution < 1.29 is 0 Å². The first kappa shape index (κ1) is 31.6. The van der Waals surface area contributed by atoms with Crippen molar-refractivity contribution in [2.24, 2.45) is 0 Å². The van der Waals surface area contributed by atoms with Gasteiger partial charge in [0.15, 0.2) is 0 Å². The van der Waals surface area contributed by atoms with Gasteiger partial charge in [-0.25, -0.2) is 0 Å². The normalized spacial score (nSPS) is 11.6. The van der Waals surface area contributed by atoms with Gasteiger partial charge in [-0.1, -0.05) is 146 Å². The summed E-state index contributed by atoms with van der Waals surface area (Å²) in [6.07, 6.45) is 0. The van der Waals surface area contributed by atoms with Gasteiger partial charge in [0.1, 0.15) is 0 Å². The lowest BCUT2D eigenvalue weighted by Gasteiger charge is -2.27. The Morgan fingerprint density at radius 1 is 0.364 bits per heavy atom. The molecule has 11 aromatic rings. The number of hydrogen-bond acceptors (Lipinski definition) is 2. The highest BCUT2D eigenvalue weighted by Crippen LogP contribution is 2.43. The van der Waals surface area contributed by atoms with Crippen LogP contribution in [0.2, 0.25) is 0 Å². The zero-order valence-corrected chi connectivity index (χ0v) is 30.7. The summed E-state index contributed by atoms with van der Waals surface area (Å²) in [7, 11) is 0. The average molecular weight is 719 g/mol. The Morgan fingerprint density at radius 2 is 0.909 bits per heavy atom. The topological polar surface area (TPSA) is 8.17 Å². The Hall–Kier alpha value is -6.94. The van der Waals surface area contributed by atoms with Crippen LogP contribution in [-0.4, -0.2) is 4.57 Å². The summed E-state index contributed by atoms with van der Waals surface area (Å²) in [4.78, 5) is 2.41. The maximum atomic E-state index is 2.41. The van der Waals surface area contributed by atoms with Gasteiger partial charge in [-0.3, -0.25) is 0 Å². The van der Waals surface area contributed by atoms with E-state index in [0.717, 1.165) is 17.1 Å². The minimum absolute atomic E-state index is 1.12. The van der Waals surface area contributed by atoms with Crippen molar-refractivity contribution in [2.75, 3.05) is 4.90 Å². The van der Waals surface area contributed by atoms with Gasteiger partial charge in [0, 0.05) is 53.3 Å². The molecule has 55 heavy (non-hydrogen) atoms. The minimum atomic E-state index is 1.12. The molecule has 0 amide bonds. The summed E-state index contributed by atoms with van der Waals surface area (Å²) in [6, 6.07) is 75.1. The zero-order chi connectivity index (χ0) is 36.3. The Bertz CT molecular complexity index is 3150. The van der Waals surface area contributed by atoms with Crippen molar-refractivity contribution in [3.05, 3.63) is 206 Å². The number of anilines is 3. The van der Waals surface area contributed by atoms with Crippen LogP contribution in [0.15, 0.2) is 206 Å². The predicted molar refractivity (Wildman–Crippen MR) is 237 cm³/mol. The molecule has 0 atom stereocenters. The van der Waals surface area contributed by atoms with E-state index >= 15 is 0 Å². The van der Waals surface area contributed by atoms with E-state index < -0.39 is 0 Å². The molecule has 0 unspecified atom stereocenters. The lowest BCUT2D eigenvalue weighted by Crippen LogP contribution is -2.10. The number of aromatic nitrogens is 1. The van der Waals surface area contributed by atoms with E-state index in [0.29, 0.717) is 0 Å². The van der Waals surface area contributed by atoms with Crippen molar-refractivity contribution in [3.8, 4) is 27.9 Å². The molecule has 3 heteroatoms. The molecule has 0 spiro atoms. The summed E-state index contributed by atoms with van der Waals surface area (Å²) in [6.45, 7) is 0. The first-order chi connectivity index (χ1) is 27.3. The molecule has 0 saturated heterocycles. The summed E-state index contributed by atoms with van der Waals surface area (Å²) >= 11 is 1.86. The van der Waals surface area contributed by atoms with Crippen molar-refractivity contribution >= 4 is 81.1 Å². The van der Waals surface area contributed by atoms with Crippen LogP contribution in [0, 0.1) is 0 Å². The molecule has 2 heterocycles. The van der Waals surface area contributed by atoms with Crippen molar-refractivity contribution in [2.45, 2.75) is 0 Å². The lowest BCUT2D eigenvalue weighted by molar-refractivity contribution is 1.18. The van der Waals surface area contributed by atoms with Crippen LogP contribution in [0.1, 0.15) is 0 Å². The Kier molecular flexibility index (Phi) is 7.39. The van der Waals surface area contributed by atoms with Crippen LogP contribution >= 0.6 is 11.3 Å². The van der Waals surface area contributed by atoms with E-state index in [1.807, 2.05) is 11.3 Å². The standard InChI is InChI=1S/C52H34N2S/c1-2-14-41-37(12-1)13-11-22-47(41)53(40-32-33-52-46(34-40)45-18-6-10-23-51(45)55-52)39-30-28-36(29-31-39)35-24-26-38(27-25-35)42-15-3-7-19-48(42)54-49-20-8-4-16-43(49)44-17-5-9-21-50(44)54/h1-34H. The van der Waals surface area contributed by atoms with Gasteiger partial charge in [-0.2, -0.15) is 0 Å². The maximum absolute atomic E-state index is 2.41. The lowest BCUT2D eigenvalue weighted by atomic mass is 9.98. The molecule has 2 aromatic heterocycles. The molecule has 0 radical (unpaired) electrons. The minimum Gasteiger partial charge on any atom is -0.310 e. The number of benzene rings is 9. The number of hydrogen-bond donors (Lipinski definition) is 0. The van der Waals surface area contributed by atoms with Crippen LogP contribution in [0.5, 0.6) is 0 Å². The van der Waals surface area contributed by atoms with Crippen molar-refractivity contribution in [1.82, 2.24) is 4.57 Å². The van der Waals surface area contributed by atoms with Crippen LogP contribution in [0.25, 0.3) is 80.7 Å². The van der Waals surface area contributed by atoms with E-state index in [1.165, 1.54) is 80.7 Å². The van der Waals surface area contributed by atoms with Crippen LogP contribution < -0.4 is 4.90 Å². The molecule has 0 saturated carbocycles. The molecular formula is C52H34N2S. The number of para-hydroxylation sites is 3. The third-order valence-electron chi connectivity index (χ3n) is 11.0. The summed E-state index contributed by atoms with van der Waals surface area (Å²) in [5.41, 5.74) is 11.8. The first-order valence-corrected chi connectivity index (χ1v) is 19.6. The van der Waals surface area contributed by atoms with Crippen LogP contribution in [-0.2, 0) is 0 Å². The second-order valence-electron chi connectivity index (χ2n) is 14.1. The van der Waals surface area contributed by atoms with E-state index in [-0.39, 0.29) is 0 Å². The summed E-state index contributed by atoms with van der Waals surface area (Å²) in [5.74, 6) is 0. The highest BCUT2D eigenvalue weighted by atomic mass is 32.1. The second-order valence-corrected chi connectivity index (χ2v) is 15.2. The largest absolute Gasteiger partial charge is 0.310 e. The van der Waals surface area contributed by atoms with Crippen LogP contribution in [0.3, 0.4) is 0 Å². The summed E-state index contributed by atoms with van der Waals surface area (Å²) in [5, 5.41) is 7.58. The SMILES string of the molecule is c1ccc(-n2c3ccccc3c3ccccc32)c(-c2ccc(-c3ccc(N(c4ccc5sc6ccccc6c5c4)c4cccc5ccccc45)cc3)cc2)c1. The van der Waals surface area contributed by atoms with Gasteiger partial charge in [0.05, 0.1) is 22.4 Å². The fraction of sp³-hybridized carbons (Fsp3) is 0. The molecule has 0 bridgehead atoms. The molecule has 0 aliphatic heterocycles. The number of thiophene rings is 1. The van der Waals surface area contributed by atoms with Gasteiger partial charge in [-0.15, -0.1) is 11.3 Å². The highest BCUT2D eigenvalue weighted by Gasteiger charge is 2.18. The van der Waals surface area contributed by atoms with Gasteiger partial charge in [-0.05, 0) is 82.7 Å². The molecule has 258 valence electrons. The Morgan fingerprint density at radius 3 is 1.67 bits per heavy atom.